The fourth-order valence-corrected chi connectivity index (χ4v) is 15.5. The highest BCUT2D eigenvalue weighted by Gasteiger charge is 2.22. The van der Waals surface area contributed by atoms with Crippen LogP contribution < -0.4 is 26.0 Å². The molecule has 13 aromatic carbocycles. The van der Waals surface area contributed by atoms with Gasteiger partial charge in [0, 0.05) is 48.9 Å². The number of ether oxygens (including phenoxy) is 1. The molecule has 0 aliphatic rings. The van der Waals surface area contributed by atoms with Crippen LogP contribution in [0.25, 0.3) is 0 Å². The lowest BCUT2D eigenvalue weighted by atomic mass is 10.0. The van der Waals surface area contributed by atoms with E-state index in [4.69, 9.17) is 34.6 Å². The van der Waals surface area contributed by atoms with Crippen LogP contribution in [-0.4, -0.2) is 103 Å². The van der Waals surface area contributed by atoms with Gasteiger partial charge in [0.05, 0.1) is 94.3 Å². The number of azo groups is 8. The van der Waals surface area contributed by atoms with E-state index in [-0.39, 0.29) is 93.0 Å². The maximum atomic E-state index is 12.7. The molecule has 46 heteroatoms. The predicted molar refractivity (Wildman–Crippen MR) is 523 cm³/mol. The van der Waals surface area contributed by atoms with Gasteiger partial charge in [0.2, 0.25) is 23.8 Å². The lowest BCUT2D eigenvalue weighted by molar-refractivity contribution is 0.332. The highest BCUT2D eigenvalue weighted by molar-refractivity contribution is 7.86. The quantitative estimate of drug-likeness (QED) is 0.00986. The van der Waals surface area contributed by atoms with E-state index in [1.165, 1.54) is 72.8 Å². The van der Waals surface area contributed by atoms with E-state index in [1.54, 1.807) is 159 Å². The molecular formula is C94H80N26O15S5. The monoisotopic (exact) mass is 1970 g/mol. The lowest BCUT2D eigenvalue weighted by Crippen LogP contribution is -2.14. The predicted octanol–water partition coefficient (Wildman–Crippen LogP) is 25.1. The van der Waals surface area contributed by atoms with Crippen molar-refractivity contribution in [2.24, 2.45) is 81.8 Å². The SMILES string of the molecule is Cc1cc(Nc2nc(NCc3ccc(CNc4nc(Cc5ccc(N=Nc6ccc(N=Nc7ccccc7)cc6S(=O)(=O)O)c(C)c5)nc(Cc5cc(C)c(N=Nc6ccc(N=Nc7ccc(S(=O)(=O)O)cc7)cc6)cc5OCCS(=O)(=O)O)n4)cc3)nc(Nc3ccc(N=Nc4ccc(N=Nc5ccccc5)cc4S(=O)O)c(C)c3)n2)ccc1N=Nc1ccc(N=Nc2ccc(S(=O)(=O)O)cc2)cc1. The molecule has 0 saturated carbocycles. The van der Waals surface area contributed by atoms with Crippen LogP contribution in [0.5, 0.6) is 5.75 Å². The summed E-state index contributed by atoms with van der Waals surface area (Å²) in [5.41, 5.74) is 12.5. The highest BCUT2D eigenvalue weighted by Crippen LogP contribution is 2.39. The van der Waals surface area contributed by atoms with Gasteiger partial charge in [0.1, 0.15) is 46.0 Å². The van der Waals surface area contributed by atoms with Crippen molar-refractivity contribution in [3.05, 3.63) is 341 Å². The molecule has 41 nitrogen and oxygen atoms in total. The van der Waals surface area contributed by atoms with Crippen molar-refractivity contribution in [2.45, 2.75) is 73.2 Å². The van der Waals surface area contributed by atoms with Gasteiger partial charge < -0.3 is 30.6 Å². The van der Waals surface area contributed by atoms with E-state index < -0.39 is 68.8 Å². The average Bonchev–Trinajstić information content (AvgIpc) is 0.795. The van der Waals surface area contributed by atoms with Crippen molar-refractivity contribution in [1.29, 1.82) is 0 Å². The zero-order chi connectivity index (χ0) is 98.5. The van der Waals surface area contributed by atoms with Crippen LogP contribution in [-0.2, 0) is 77.5 Å². The van der Waals surface area contributed by atoms with E-state index in [0.29, 0.717) is 113 Å². The Morgan fingerprint density at radius 2 is 0.664 bits per heavy atom. The Labute approximate surface area is 803 Å². The van der Waals surface area contributed by atoms with Gasteiger partial charge in [-0.1, -0.05) is 72.8 Å². The maximum absolute atomic E-state index is 12.7. The van der Waals surface area contributed by atoms with E-state index in [1.807, 2.05) is 74.5 Å². The standard InChI is InChI=1S/C94H80N26O15S5/c1-58-47-64(19-40-80(58)117-119-84-44-35-77(54-88(84)140(132,133)134)114-106-67-13-9-6-10-14-67)51-89-99-90(52-65-48-59(2)85(55-86(65)135-45-46-137(123,124)125)120-112-71-26-22-69(23-27-71)108-110-73-30-38-79(39-31-73)139(129,130)131)101-91(100-89)95-56-62-15-17-63(18-16-62)57-96-92-102-93(97-74-32-41-81(60(3)49-74)115-111-70-24-20-68(21-25-70)107-109-72-28-36-78(37-29-72)138(126,127)128)104-94(103-92)98-75-33-42-82(61(4)50-75)116-118-83-43-34-76(53-87(83)136(121)122)113-105-66-11-7-5-8-12-66/h5-44,47-50,53-55H,45-46,51-52,56-57H2,1-4H3,(H,121,122)(H,123,124,125)(H,126,127,128)(H,129,130,131)(H,132,133,134)(H,95,99,100,101)(H3,96,97,98,102,103,104). The largest absolute Gasteiger partial charge is 0.492 e. The first-order valence-corrected chi connectivity index (χ1v) is 49.0. The summed E-state index contributed by atoms with van der Waals surface area (Å²) in [4.78, 5) is 27.9. The Bertz CT molecular complexity index is 7910. The molecule has 1 atom stereocenters. The number of nitrogens with zero attached hydrogens (tertiary/aromatic N) is 22. The molecule has 0 spiro atoms. The topological polar surface area (TPSA) is 587 Å². The molecule has 2 heterocycles. The number of nitrogens with one attached hydrogen (secondary N) is 4. The van der Waals surface area contributed by atoms with Gasteiger partial charge in [0.15, 0.2) is 11.1 Å². The highest BCUT2D eigenvalue weighted by atomic mass is 32.2. The van der Waals surface area contributed by atoms with Crippen LogP contribution in [0.2, 0.25) is 0 Å². The molecule has 15 aromatic rings. The molecule has 706 valence electrons. The molecular weight excluding hydrogens is 1890 g/mol. The van der Waals surface area contributed by atoms with Crippen molar-refractivity contribution in [2.75, 3.05) is 33.6 Å². The molecule has 0 aliphatic carbocycles. The summed E-state index contributed by atoms with van der Waals surface area (Å²) in [6, 6.07) is 77.0. The molecule has 9 N–H and O–H groups in total. The normalized spacial score (nSPS) is 12.5. The van der Waals surface area contributed by atoms with Gasteiger partial charge in [-0.05, 0) is 273 Å². The first-order chi connectivity index (χ1) is 67.2. The molecule has 0 aliphatic heterocycles. The number of aromatic nitrogens is 6. The Kier molecular flexibility index (Phi) is 31.1. The Balaban J connectivity index is 0.674. The molecule has 1 unspecified atom stereocenters. The summed E-state index contributed by atoms with van der Waals surface area (Å²) in [5.74, 6) is 0.603. The lowest BCUT2D eigenvalue weighted by Gasteiger charge is -2.15. The molecule has 140 heavy (non-hydrogen) atoms. The minimum atomic E-state index is -4.82. The van der Waals surface area contributed by atoms with Gasteiger partial charge in [-0.25, -0.2) is 9.19 Å². The summed E-state index contributed by atoms with van der Waals surface area (Å²) in [6.07, 6.45) is 0.117. The summed E-state index contributed by atoms with van der Waals surface area (Å²) in [6.45, 7) is 7.21. The van der Waals surface area contributed by atoms with Gasteiger partial charge in [-0.15, -0.1) is 10.2 Å². The van der Waals surface area contributed by atoms with Crippen LogP contribution in [0.3, 0.4) is 0 Å². The van der Waals surface area contributed by atoms with Crippen LogP contribution in [0, 0.1) is 27.7 Å². The zero-order valence-electron chi connectivity index (χ0n) is 74.1. The number of aryl methyl sites for hydroxylation is 4. The van der Waals surface area contributed by atoms with E-state index >= 15 is 0 Å². The van der Waals surface area contributed by atoms with E-state index in [2.05, 4.69) is 103 Å². The molecule has 0 bridgehead atoms. The summed E-state index contributed by atoms with van der Waals surface area (Å²) in [7, 11) is -18.1. The van der Waals surface area contributed by atoms with Crippen molar-refractivity contribution < 1.29 is 65.4 Å². The van der Waals surface area contributed by atoms with Crippen molar-refractivity contribution in [1.82, 2.24) is 29.9 Å². The van der Waals surface area contributed by atoms with Gasteiger partial charge in [-0.2, -0.15) is 130 Å². The molecule has 15 rings (SSSR count). The number of anilines is 6. The molecule has 2 aromatic heterocycles. The third-order valence-corrected chi connectivity index (χ3v) is 24.2. The van der Waals surface area contributed by atoms with Crippen molar-refractivity contribution >= 4 is 178 Å². The fraction of sp³-hybridized carbons (Fsp3) is 0.106. The smallest absolute Gasteiger partial charge is 0.296 e. The molecule has 0 radical (unpaired) electrons. The van der Waals surface area contributed by atoms with E-state index in [9.17, 15) is 60.6 Å². The summed E-state index contributed by atoms with van der Waals surface area (Å²) < 4.78 is 163. The summed E-state index contributed by atoms with van der Waals surface area (Å²) in [5, 5.41) is 82.0. The minimum Gasteiger partial charge on any atom is -0.492 e. The number of rotatable bonds is 38. The Morgan fingerprint density at radius 1 is 0.314 bits per heavy atom. The molecule has 0 amide bonds. The van der Waals surface area contributed by atoms with Crippen LogP contribution in [0.15, 0.2) is 387 Å². The number of hydrogen-bond acceptors (Lipinski definition) is 36. The Hall–Kier alpha value is -16.6. The second kappa shape index (κ2) is 44.5. The second-order valence-electron chi connectivity index (χ2n) is 30.7. The zero-order valence-corrected chi connectivity index (χ0v) is 78.2. The van der Waals surface area contributed by atoms with Crippen LogP contribution >= 0.6 is 0 Å². The van der Waals surface area contributed by atoms with Gasteiger partial charge in [0.25, 0.3) is 40.5 Å². The van der Waals surface area contributed by atoms with Crippen molar-refractivity contribution in [3.8, 4) is 5.75 Å². The molecule has 0 fully saturated rings. The molecule has 0 saturated heterocycles. The Morgan fingerprint density at radius 3 is 1.11 bits per heavy atom. The summed E-state index contributed by atoms with van der Waals surface area (Å²) >= 11 is -2.45. The first kappa shape index (κ1) is 98.0. The number of hydrogen-bond donors (Lipinski definition) is 9. The first-order valence-electron chi connectivity index (χ1n) is 42.0. The van der Waals surface area contributed by atoms with Gasteiger partial charge >= 0.3 is 0 Å². The average molecular weight is 1970 g/mol. The van der Waals surface area contributed by atoms with Crippen LogP contribution in [0.1, 0.15) is 56.2 Å². The third kappa shape index (κ3) is 28.3. The minimum absolute atomic E-state index is 0.0164. The van der Waals surface area contributed by atoms with Crippen LogP contribution in [0.4, 0.5) is 126 Å². The third-order valence-electron chi connectivity index (χ3n) is 20.2. The maximum Gasteiger partial charge on any atom is 0.296 e. The van der Waals surface area contributed by atoms with Gasteiger partial charge in [-0.3, -0.25) is 18.2 Å². The van der Waals surface area contributed by atoms with Crippen molar-refractivity contribution in [3.63, 3.8) is 0 Å². The number of benzene rings is 13. The van der Waals surface area contributed by atoms with E-state index in [0.717, 1.165) is 28.3 Å². The second-order valence-corrected chi connectivity index (χ2v) is 37.4. The fourth-order valence-electron chi connectivity index (χ4n) is 13.1.